The van der Waals surface area contributed by atoms with Gasteiger partial charge in [-0.05, 0) is 86.5 Å². The smallest absolute Gasteiger partial charge is 0.0792 e. The van der Waals surface area contributed by atoms with Crippen molar-refractivity contribution in [1.29, 1.82) is 0 Å². The van der Waals surface area contributed by atoms with Crippen molar-refractivity contribution < 1.29 is 0 Å². The van der Waals surface area contributed by atoms with Crippen LogP contribution in [-0.2, 0) is 5.41 Å². The Kier molecular flexibility index (Phi) is 4.36. The molecule has 2 unspecified atom stereocenters. The van der Waals surface area contributed by atoms with E-state index in [1.54, 1.807) is 5.56 Å². The summed E-state index contributed by atoms with van der Waals surface area (Å²) in [5, 5.41) is 3.80. The average Bonchev–Trinajstić information content (AvgIpc) is 2.63. The van der Waals surface area contributed by atoms with Crippen molar-refractivity contribution in [3.8, 4) is 0 Å². The lowest BCUT2D eigenvalue weighted by Gasteiger charge is -2.60. The van der Waals surface area contributed by atoms with Crippen LogP contribution >= 0.6 is 12.2 Å². The van der Waals surface area contributed by atoms with Crippen molar-refractivity contribution >= 4 is 17.2 Å². The van der Waals surface area contributed by atoms with Gasteiger partial charge in [0.1, 0.15) is 0 Å². The Morgan fingerprint density at radius 3 is 2.27 bits per heavy atom. The summed E-state index contributed by atoms with van der Waals surface area (Å²) >= 11 is 6.00. The molecule has 5 saturated carbocycles. The highest BCUT2D eigenvalue weighted by atomic mass is 32.1. The lowest BCUT2D eigenvalue weighted by Crippen LogP contribution is -2.57. The van der Waals surface area contributed by atoms with Gasteiger partial charge in [0.15, 0.2) is 0 Å². The van der Waals surface area contributed by atoms with E-state index in [2.05, 4.69) is 35.6 Å². The second-order valence-electron chi connectivity index (χ2n) is 9.76. The van der Waals surface area contributed by atoms with E-state index in [1.807, 2.05) is 0 Å². The quantitative estimate of drug-likeness (QED) is 0.768. The average molecular weight is 369 g/mol. The summed E-state index contributed by atoms with van der Waals surface area (Å²) in [7, 11) is 0. The van der Waals surface area contributed by atoms with Crippen LogP contribution in [0.1, 0.15) is 63.4 Å². The summed E-state index contributed by atoms with van der Waals surface area (Å²) in [5.74, 6) is 3.16. The fraction of sp³-hybridized carbons (Fsp3) is 0.696. The van der Waals surface area contributed by atoms with E-state index in [9.17, 15) is 0 Å². The molecule has 0 saturated heterocycles. The van der Waals surface area contributed by atoms with Crippen molar-refractivity contribution in [3.05, 3.63) is 35.9 Å². The van der Waals surface area contributed by atoms with E-state index in [0.29, 0.717) is 23.4 Å². The van der Waals surface area contributed by atoms with Gasteiger partial charge in [0, 0.05) is 18.0 Å². The van der Waals surface area contributed by atoms with Crippen LogP contribution in [-0.4, -0.2) is 17.1 Å². The maximum absolute atomic E-state index is 6.07. The molecule has 0 radical (unpaired) electrons. The van der Waals surface area contributed by atoms with Gasteiger partial charge < -0.3 is 11.1 Å². The molecule has 0 aliphatic heterocycles. The molecule has 4 bridgehead atoms. The van der Waals surface area contributed by atoms with Gasteiger partial charge in [-0.1, -0.05) is 42.5 Å². The summed E-state index contributed by atoms with van der Waals surface area (Å²) in [6.07, 6.45) is 11.6. The summed E-state index contributed by atoms with van der Waals surface area (Å²) in [6, 6.07) is 12.4. The van der Waals surface area contributed by atoms with Gasteiger partial charge in [0.2, 0.25) is 0 Å². The maximum Gasteiger partial charge on any atom is 0.0792 e. The number of benzene rings is 1. The monoisotopic (exact) mass is 368 g/mol. The largest absolute Gasteiger partial charge is 0.377 e. The molecule has 5 aliphatic carbocycles. The summed E-state index contributed by atoms with van der Waals surface area (Å²) in [5.41, 5.74) is 8.12. The lowest BCUT2D eigenvalue weighted by atomic mass is 9.45. The molecular formula is C23H32N2S. The van der Waals surface area contributed by atoms with Crippen molar-refractivity contribution in [2.45, 2.75) is 75.3 Å². The highest BCUT2D eigenvalue weighted by Gasteiger charge is 2.56. The fourth-order valence-corrected chi connectivity index (χ4v) is 7.71. The molecule has 1 aromatic rings. The Morgan fingerprint density at radius 1 is 0.962 bits per heavy atom. The van der Waals surface area contributed by atoms with Gasteiger partial charge in [0.05, 0.1) is 4.99 Å². The fourth-order valence-electron chi connectivity index (χ4n) is 7.16. The first kappa shape index (κ1) is 17.2. The second-order valence-corrected chi connectivity index (χ2v) is 10.2. The summed E-state index contributed by atoms with van der Waals surface area (Å²) < 4.78 is 0. The minimum atomic E-state index is 0.411. The first-order valence-electron chi connectivity index (χ1n) is 10.7. The van der Waals surface area contributed by atoms with Gasteiger partial charge in [-0.15, -0.1) is 0 Å². The molecule has 140 valence electrons. The van der Waals surface area contributed by atoms with Crippen molar-refractivity contribution in [1.82, 2.24) is 5.32 Å². The zero-order chi connectivity index (χ0) is 17.7. The van der Waals surface area contributed by atoms with E-state index < -0.39 is 0 Å². The summed E-state index contributed by atoms with van der Waals surface area (Å²) in [4.78, 5) is 1.20. The molecule has 3 heteroatoms. The third-order valence-corrected chi connectivity index (χ3v) is 8.47. The van der Waals surface area contributed by atoms with Crippen LogP contribution < -0.4 is 11.1 Å². The number of nitrogens with two attached hydrogens (primary N) is 1. The third kappa shape index (κ3) is 2.92. The van der Waals surface area contributed by atoms with E-state index >= 15 is 0 Å². The van der Waals surface area contributed by atoms with Crippen molar-refractivity contribution in [3.63, 3.8) is 0 Å². The van der Waals surface area contributed by atoms with Gasteiger partial charge in [0.25, 0.3) is 0 Å². The minimum Gasteiger partial charge on any atom is -0.377 e. The molecule has 0 heterocycles. The highest BCUT2D eigenvalue weighted by molar-refractivity contribution is 7.80. The van der Waals surface area contributed by atoms with Gasteiger partial charge in [-0.3, -0.25) is 0 Å². The number of nitrogens with one attached hydrogen (secondary N) is 1. The van der Waals surface area contributed by atoms with E-state index in [-0.39, 0.29) is 0 Å². The molecule has 2 atom stereocenters. The van der Waals surface area contributed by atoms with E-state index in [0.717, 1.165) is 30.6 Å². The molecule has 0 amide bonds. The molecule has 0 spiro atoms. The molecule has 5 fully saturated rings. The number of hydrogen-bond donors (Lipinski definition) is 2. The van der Waals surface area contributed by atoms with Crippen molar-refractivity contribution in [2.75, 3.05) is 0 Å². The van der Waals surface area contributed by atoms with Crippen LogP contribution in [0.5, 0.6) is 0 Å². The predicted molar refractivity (Wildman–Crippen MR) is 111 cm³/mol. The molecule has 0 aromatic heterocycles. The highest BCUT2D eigenvalue weighted by Crippen LogP contribution is 2.63. The number of rotatable bonds is 3. The Morgan fingerprint density at radius 2 is 1.62 bits per heavy atom. The molecule has 6 rings (SSSR count). The third-order valence-electron chi connectivity index (χ3n) is 8.08. The normalized spacial score (nSPS) is 44.0. The SMILES string of the molecule is NC1CCC(NC(=S)C2C3CC4CC2CC(c2ccccc2)(C4)C3)CC1. The Bertz CT molecular complexity index is 648. The van der Waals surface area contributed by atoms with Gasteiger partial charge in [-0.25, -0.2) is 0 Å². The standard InChI is InChI=1S/C23H32N2S/c24-19-6-8-20(9-7-19)25-22(26)21-16-10-15-11-17(21)14-23(12-15,13-16)18-4-2-1-3-5-18/h1-5,15-17,19-21H,6-14,24H2,(H,25,26). The number of hydrogen-bond acceptors (Lipinski definition) is 2. The maximum atomic E-state index is 6.07. The summed E-state index contributed by atoms with van der Waals surface area (Å²) in [6.45, 7) is 0. The Labute approximate surface area is 163 Å². The van der Waals surface area contributed by atoms with Crippen LogP contribution in [0.25, 0.3) is 0 Å². The molecule has 26 heavy (non-hydrogen) atoms. The van der Waals surface area contributed by atoms with E-state index in [4.69, 9.17) is 18.0 Å². The Balaban J connectivity index is 1.32. The van der Waals surface area contributed by atoms with E-state index in [1.165, 1.54) is 49.9 Å². The molecule has 2 nitrogen and oxygen atoms in total. The second kappa shape index (κ2) is 6.60. The zero-order valence-corrected chi connectivity index (χ0v) is 16.5. The van der Waals surface area contributed by atoms with Crippen LogP contribution in [0.2, 0.25) is 0 Å². The van der Waals surface area contributed by atoms with Crippen LogP contribution in [0.3, 0.4) is 0 Å². The van der Waals surface area contributed by atoms with Gasteiger partial charge >= 0.3 is 0 Å². The topological polar surface area (TPSA) is 38.0 Å². The van der Waals surface area contributed by atoms with Gasteiger partial charge in [-0.2, -0.15) is 0 Å². The molecule has 1 aromatic carbocycles. The number of thiocarbonyl (C=S) groups is 1. The Hall–Kier alpha value is -0.930. The first-order valence-corrected chi connectivity index (χ1v) is 11.2. The zero-order valence-electron chi connectivity index (χ0n) is 15.7. The molecule has 5 aliphatic rings. The molecule has 3 N–H and O–H groups in total. The molecular weight excluding hydrogens is 336 g/mol. The van der Waals surface area contributed by atoms with Crippen LogP contribution in [0.15, 0.2) is 30.3 Å². The van der Waals surface area contributed by atoms with Crippen LogP contribution in [0.4, 0.5) is 0 Å². The van der Waals surface area contributed by atoms with Crippen LogP contribution in [0, 0.1) is 23.7 Å². The lowest BCUT2D eigenvalue weighted by molar-refractivity contribution is -0.0311. The predicted octanol–water partition coefficient (Wildman–Crippen LogP) is 4.57. The van der Waals surface area contributed by atoms with Crippen molar-refractivity contribution in [2.24, 2.45) is 29.4 Å². The minimum absolute atomic E-state index is 0.411. The first-order chi connectivity index (χ1) is 12.6.